The van der Waals surface area contributed by atoms with Crippen LogP contribution in [0.5, 0.6) is 0 Å². The molecule has 4 saturated carbocycles. The van der Waals surface area contributed by atoms with E-state index in [9.17, 15) is 4.79 Å². The third-order valence-electron chi connectivity index (χ3n) is 9.00. The molecule has 0 aromatic rings. The number of carbonyl (C=O) groups is 1. The molecule has 2 heteroatoms. The van der Waals surface area contributed by atoms with Gasteiger partial charge in [-0.25, -0.2) is 0 Å². The highest BCUT2D eigenvalue weighted by atomic mass is 16.6. The van der Waals surface area contributed by atoms with Gasteiger partial charge in [-0.1, -0.05) is 34.1 Å². The molecule has 0 aromatic heterocycles. The van der Waals surface area contributed by atoms with Crippen LogP contribution in [0.25, 0.3) is 0 Å². The van der Waals surface area contributed by atoms with Crippen LogP contribution in [-0.2, 0) is 9.53 Å². The third-order valence-corrected chi connectivity index (χ3v) is 9.00. The molecule has 0 radical (unpaired) electrons. The molecule has 1 spiro atoms. The molecule has 0 aromatic carbocycles. The molecule has 21 heavy (non-hydrogen) atoms. The van der Waals surface area contributed by atoms with Crippen molar-refractivity contribution >= 4 is 5.97 Å². The van der Waals surface area contributed by atoms with E-state index in [0.29, 0.717) is 16.9 Å². The molecule has 2 bridgehead atoms. The summed E-state index contributed by atoms with van der Waals surface area (Å²) in [7, 11) is 0. The Balaban J connectivity index is 1.63. The summed E-state index contributed by atoms with van der Waals surface area (Å²) in [5.74, 6) is 3.59. The van der Waals surface area contributed by atoms with Crippen LogP contribution >= 0.6 is 0 Å². The first-order chi connectivity index (χ1) is 9.93. The summed E-state index contributed by atoms with van der Waals surface area (Å²) in [6.07, 6.45) is 6.63. The van der Waals surface area contributed by atoms with Crippen LogP contribution in [0.15, 0.2) is 0 Å². The smallest absolute Gasteiger partial charge is 0.309 e. The van der Waals surface area contributed by atoms with E-state index in [1.807, 2.05) is 0 Å². The molecule has 1 saturated heterocycles. The van der Waals surface area contributed by atoms with Crippen molar-refractivity contribution in [2.24, 2.45) is 45.8 Å². The maximum Gasteiger partial charge on any atom is 0.309 e. The van der Waals surface area contributed by atoms with Crippen molar-refractivity contribution in [2.45, 2.75) is 65.9 Å². The lowest BCUT2D eigenvalue weighted by Gasteiger charge is -2.50. The molecule has 2 nitrogen and oxygen atoms in total. The molecular weight excluding hydrogens is 260 g/mol. The van der Waals surface area contributed by atoms with Gasteiger partial charge in [0.05, 0.1) is 5.92 Å². The minimum Gasteiger partial charge on any atom is -0.461 e. The summed E-state index contributed by atoms with van der Waals surface area (Å²) < 4.78 is 5.97. The minimum atomic E-state index is 0.164. The van der Waals surface area contributed by atoms with Gasteiger partial charge in [0, 0.05) is 10.8 Å². The quantitative estimate of drug-likeness (QED) is 0.733. The van der Waals surface area contributed by atoms with E-state index >= 15 is 0 Å². The molecule has 5 aliphatic rings. The van der Waals surface area contributed by atoms with Crippen molar-refractivity contribution in [3.63, 3.8) is 0 Å². The van der Waals surface area contributed by atoms with Gasteiger partial charge in [-0.15, -0.1) is 0 Å². The lowest BCUT2D eigenvalue weighted by molar-refractivity contribution is -0.157. The lowest BCUT2D eigenvalue weighted by atomic mass is 9.54. The average molecular weight is 288 g/mol. The SMILES string of the molecule is CCCC12C3CC(C)(C(C)C)C4CC5C(=O)OC1C5(C4)C32. The molecule has 1 aliphatic heterocycles. The van der Waals surface area contributed by atoms with Crippen molar-refractivity contribution in [2.75, 3.05) is 0 Å². The molecule has 8 atom stereocenters. The number of fused-ring (bicyclic) bond motifs is 3. The number of rotatable bonds is 3. The van der Waals surface area contributed by atoms with Crippen LogP contribution in [-0.4, -0.2) is 12.1 Å². The average Bonchev–Trinajstić information content (AvgIpc) is 2.72. The standard InChI is InChI=1S/C19H28O2/c1-5-6-18-13-9-17(4,10(2)3)11-7-12-15(20)21-16(18)19(12,8-11)14(13)18/h10-14,16H,5-9H2,1-4H3. The van der Waals surface area contributed by atoms with Crippen molar-refractivity contribution < 1.29 is 9.53 Å². The highest BCUT2D eigenvalue weighted by Crippen LogP contribution is 2.92. The Morgan fingerprint density at radius 3 is 2.76 bits per heavy atom. The van der Waals surface area contributed by atoms with Gasteiger partial charge >= 0.3 is 5.97 Å². The van der Waals surface area contributed by atoms with Crippen LogP contribution in [0.1, 0.15) is 59.8 Å². The molecule has 0 amide bonds. The third kappa shape index (κ3) is 1.04. The molecule has 4 aliphatic carbocycles. The molecule has 1 heterocycles. The van der Waals surface area contributed by atoms with E-state index in [-0.39, 0.29) is 17.3 Å². The van der Waals surface area contributed by atoms with Crippen molar-refractivity contribution in [3.05, 3.63) is 0 Å². The van der Waals surface area contributed by atoms with Crippen LogP contribution in [0.4, 0.5) is 0 Å². The maximum atomic E-state index is 12.5. The van der Waals surface area contributed by atoms with E-state index < -0.39 is 0 Å². The first kappa shape index (κ1) is 13.0. The Hall–Kier alpha value is -0.530. The summed E-state index contributed by atoms with van der Waals surface area (Å²) in [4.78, 5) is 12.5. The first-order valence-electron chi connectivity index (χ1n) is 9.13. The van der Waals surface area contributed by atoms with Crippen molar-refractivity contribution in [1.29, 1.82) is 0 Å². The zero-order chi connectivity index (χ0) is 14.8. The zero-order valence-electron chi connectivity index (χ0n) is 13.8. The van der Waals surface area contributed by atoms with E-state index in [1.54, 1.807) is 0 Å². The van der Waals surface area contributed by atoms with Gasteiger partial charge in [0.15, 0.2) is 0 Å². The van der Waals surface area contributed by atoms with Gasteiger partial charge in [0.25, 0.3) is 0 Å². The van der Waals surface area contributed by atoms with Crippen molar-refractivity contribution in [3.8, 4) is 0 Å². The number of carbonyl (C=O) groups excluding carboxylic acids is 1. The summed E-state index contributed by atoms with van der Waals surface area (Å²) in [5, 5.41) is 0. The predicted molar refractivity (Wildman–Crippen MR) is 80.4 cm³/mol. The maximum absolute atomic E-state index is 12.5. The van der Waals surface area contributed by atoms with Crippen LogP contribution in [0.3, 0.4) is 0 Å². The van der Waals surface area contributed by atoms with Gasteiger partial charge in [-0.05, 0) is 54.8 Å². The van der Waals surface area contributed by atoms with E-state index in [2.05, 4.69) is 27.7 Å². The fourth-order valence-corrected chi connectivity index (χ4v) is 7.93. The largest absolute Gasteiger partial charge is 0.461 e. The zero-order valence-corrected chi connectivity index (χ0v) is 13.8. The number of hydrogen-bond acceptors (Lipinski definition) is 2. The summed E-state index contributed by atoms with van der Waals surface area (Å²) in [6, 6.07) is 0. The van der Waals surface area contributed by atoms with Gasteiger partial charge in [0.2, 0.25) is 0 Å². The molecule has 116 valence electrons. The molecule has 5 rings (SSSR count). The first-order valence-corrected chi connectivity index (χ1v) is 9.13. The number of hydrogen-bond donors (Lipinski definition) is 0. The summed E-state index contributed by atoms with van der Waals surface area (Å²) in [6.45, 7) is 9.64. The highest BCUT2D eigenvalue weighted by molar-refractivity contribution is 5.79. The van der Waals surface area contributed by atoms with E-state index in [0.717, 1.165) is 30.1 Å². The van der Waals surface area contributed by atoms with E-state index in [4.69, 9.17) is 4.74 Å². The van der Waals surface area contributed by atoms with Crippen LogP contribution in [0, 0.1) is 45.8 Å². The molecular formula is C19H28O2. The Bertz CT molecular complexity index is 540. The molecule has 8 unspecified atom stereocenters. The van der Waals surface area contributed by atoms with Gasteiger partial charge < -0.3 is 4.74 Å². The van der Waals surface area contributed by atoms with Crippen LogP contribution < -0.4 is 0 Å². The Morgan fingerprint density at radius 2 is 2.10 bits per heavy atom. The van der Waals surface area contributed by atoms with Gasteiger partial charge in [-0.3, -0.25) is 4.79 Å². The topological polar surface area (TPSA) is 26.3 Å². The normalized spacial score (nSPS) is 62.1. The summed E-state index contributed by atoms with van der Waals surface area (Å²) in [5.41, 5.74) is 1.14. The lowest BCUT2D eigenvalue weighted by Crippen LogP contribution is -2.53. The second-order valence-electron chi connectivity index (χ2n) is 9.43. The Morgan fingerprint density at radius 1 is 1.33 bits per heavy atom. The number of esters is 1. The van der Waals surface area contributed by atoms with Gasteiger partial charge in [0.1, 0.15) is 6.10 Å². The fraction of sp³-hybridized carbons (Fsp3) is 0.947. The highest BCUT2D eigenvalue weighted by Gasteiger charge is 2.94. The van der Waals surface area contributed by atoms with Gasteiger partial charge in [-0.2, -0.15) is 0 Å². The van der Waals surface area contributed by atoms with Crippen LogP contribution in [0.2, 0.25) is 0 Å². The number of ether oxygens (including phenoxy) is 1. The van der Waals surface area contributed by atoms with E-state index in [1.165, 1.54) is 25.7 Å². The Labute approximate surface area is 128 Å². The summed E-state index contributed by atoms with van der Waals surface area (Å²) >= 11 is 0. The fourth-order valence-electron chi connectivity index (χ4n) is 7.93. The minimum absolute atomic E-state index is 0.164. The second kappa shape index (κ2) is 3.36. The second-order valence-corrected chi connectivity index (χ2v) is 9.43. The molecule has 0 N–H and O–H groups in total. The monoisotopic (exact) mass is 288 g/mol. The predicted octanol–water partition coefficient (Wildman–Crippen LogP) is 4.04. The Kier molecular flexibility index (Phi) is 2.07. The molecule has 5 fully saturated rings. The van der Waals surface area contributed by atoms with Crippen molar-refractivity contribution in [1.82, 2.24) is 0 Å².